The molecular weight excluding hydrogens is 392 g/mol. The molecule has 1 fully saturated rings. The molecule has 6 nitrogen and oxygen atoms in total. The van der Waals surface area contributed by atoms with E-state index in [0.717, 1.165) is 76.1 Å². The third kappa shape index (κ3) is 5.08. The summed E-state index contributed by atoms with van der Waals surface area (Å²) < 4.78 is 22.5. The Balaban J connectivity index is 1.58. The van der Waals surface area contributed by atoms with E-state index in [4.69, 9.17) is 18.9 Å². The summed E-state index contributed by atoms with van der Waals surface area (Å²) in [5, 5.41) is 0. The predicted octanol–water partition coefficient (Wildman–Crippen LogP) is 4.45. The van der Waals surface area contributed by atoms with Crippen LogP contribution in [0.5, 0.6) is 17.2 Å². The third-order valence-electron chi connectivity index (χ3n) is 6.07. The Morgan fingerprint density at radius 3 is 2.55 bits per heavy atom. The smallest absolute Gasteiger partial charge is 0.161 e. The van der Waals surface area contributed by atoms with Crippen molar-refractivity contribution in [3.05, 3.63) is 47.5 Å². The number of hydrogen-bond donors (Lipinski definition) is 0. The fraction of sp³-hybridized carbons (Fsp3) is 0.520. The first kappa shape index (κ1) is 21.8. The van der Waals surface area contributed by atoms with Crippen molar-refractivity contribution in [1.29, 1.82) is 0 Å². The van der Waals surface area contributed by atoms with Crippen molar-refractivity contribution < 1.29 is 18.9 Å². The molecule has 168 valence electrons. The highest BCUT2D eigenvalue weighted by molar-refractivity contribution is 5.58. The molecular formula is C25H34N2O4. The van der Waals surface area contributed by atoms with E-state index in [0.29, 0.717) is 6.04 Å². The molecule has 2 heterocycles. The van der Waals surface area contributed by atoms with Gasteiger partial charge < -0.3 is 23.8 Å². The highest BCUT2D eigenvalue weighted by atomic mass is 16.5. The van der Waals surface area contributed by atoms with Gasteiger partial charge in [0.1, 0.15) is 5.75 Å². The van der Waals surface area contributed by atoms with Gasteiger partial charge in [-0.1, -0.05) is 13.0 Å². The van der Waals surface area contributed by atoms with Gasteiger partial charge in [0, 0.05) is 38.0 Å². The molecule has 0 bridgehead atoms. The second-order valence-corrected chi connectivity index (χ2v) is 8.27. The molecule has 0 saturated carbocycles. The minimum atomic E-state index is 0.503. The molecule has 6 heteroatoms. The van der Waals surface area contributed by atoms with Crippen molar-refractivity contribution in [3.8, 4) is 17.2 Å². The van der Waals surface area contributed by atoms with Gasteiger partial charge in [-0.2, -0.15) is 0 Å². The number of methoxy groups -OCH3 is 2. The second kappa shape index (κ2) is 10.2. The lowest BCUT2D eigenvalue weighted by molar-refractivity contribution is 0.0793. The molecule has 31 heavy (non-hydrogen) atoms. The zero-order chi connectivity index (χ0) is 21.6. The van der Waals surface area contributed by atoms with E-state index in [2.05, 4.69) is 47.1 Å². The fourth-order valence-corrected chi connectivity index (χ4v) is 4.51. The number of anilines is 1. The molecule has 0 aliphatic carbocycles. The summed E-state index contributed by atoms with van der Waals surface area (Å²) >= 11 is 0. The van der Waals surface area contributed by atoms with Crippen LogP contribution in [0.25, 0.3) is 0 Å². The van der Waals surface area contributed by atoms with Crippen LogP contribution in [0, 0.1) is 0 Å². The van der Waals surface area contributed by atoms with E-state index in [1.165, 1.54) is 16.8 Å². The van der Waals surface area contributed by atoms with Gasteiger partial charge in [0.25, 0.3) is 0 Å². The monoisotopic (exact) mass is 426 g/mol. The van der Waals surface area contributed by atoms with Crippen LogP contribution >= 0.6 is 0 Å². The molecule has 0 N–H and O–H groups in total. The fourth-order valence-electron chi connectivity index (χ4n) is 4.51. The Hall–Kier alpha value is -2.44. The van der Waals surface area contributed by atoms with Crippen LogP contribution < -0.4 is 19.1 Å². The van der Waals surface area contributed by atoms with Gasteiger partial charge in [-0.05, 0) is 60.7 Å². The first-order valence-electron chi connectivity index (χ1n) is 11.2. The number of ether oxygens (including phenoxy) is 4. The number of rotatable bonds is 8. The van der Waals surface area contributed by atoms with E-state index < -0.39 is 0 Å². The Morgan fingerprint density at radius 2 is 1.81 bits per heavy atom. The third-order valence-corrected chi connectivity index (χ3v) is 6.07. The van der Waals surface area contributed by atoms with E-state index >= 15 is 0 Å². The van der Waals surface area contributed by atoms with Crippen molar-refractivity contribution in [2.75, 3.05) is 45.6 Å². The average molecular weight is 427 g/mol. The van der Waals surface area contributed by atoms with Crippen molar-refractivity contribution in [2.24, 2.45) is 0 Å². The summed E-state index contributed by atoms with van der Waals surface area (Å²) in [5.74, 6) is 2.49. The van der Waals surface area contributed by atoms with Crippen LogP contribution in [-0.2, 0) is 17.8 Å². The minimum Gasteiger partial charge on any atom is -0.494 e. The normalized spacial score (nSPS) is 17.3. The Kier molecular flexibility index (Phi) is 7.20. The molecule has 0 spiro atoms. The highest BCUT2D eigenvalue weighted by Gasteiger charge is 2.29. The van der Waals surface area contributed by atoms with Gasteiger partial charge in [-0.3, -0.25) is 4.90 Å². The van der Waals surface area contributed by atoms with Crippen molar-refractivity contribution in [2.45, 2.75) is 45.3 Å². The number of benzene rings is 2. The Morgan fingerprint density at radius 1 is 1.00 bits per heavy atom. The SMILES string of the molecule is CCCOc1ccc2c(c1)CN(Cc1ccc(OC)c(OC)c1)CN2C1CCOCC1. The molecule has 0 aromatic heterocycles. The van der Waals surface area contributed by atoms with Crippen LogP contribution in [-0.4, -0.2) is 51.7 Å². The van der Waals surface area contributed by atoms with Crippen LogP contribution in [0.3, 0.4) is 0 Å². The quantitative estimate of drug-likeness (QED) is 0.621. The van der Waals surface area contributed by atoms with E-state index in [9.17, 15) is 0 Å². The number of nitrogens with zero attached hydrogens (tertiary/aromatic N) is 2. The van der Waals surface area contributed by atoms with E-state index in [-0.39, 0.29) is 0 Å². The number of hydrogen-bond acceptors (Lipinski definition) is 6. The zero-order valence-electron chi connectivity index (χ0n) is 18.9. The maximum absolute atomic E-state index is 5.92. The predicted molar refractivity (Wildman–Crippen MR) is 122 cm³/mol. The van der Waals surface area contributed by atoms with Crippen molar-refractivity contribution >= 4 is 5.69 Å². The van der Waals surface area contributed by atoms with Crippen LogP contribution in [0.1, 0.15) is 37.3 Å². The summed E-state index contributed by atoms with van der Waals surface area (Å²) in [7, 11) is 3.35. The van der Waals surface area contributed by atoms with Crippen LogP contribution in [0.15, 0.2) is 36.4 Å². The van der Waals surface area contributed by atoms with Gasteiger partial charge in [0.2, 0.25) is 0 Å². The molecule has 2 aromatic carbocycles. The van der Waals surface area contributed by atoms with E-state index in [1.807, 2.05) is 6.07 Å². The van der Waals surface area contributed by atoms with Crippen LogP contribution in [0.4, 0.5) is 5.69 Å². The maximum Gasteiger partial charge on any atom is 0.161 e. The van der Waals surface area contributed by atoms with Gasteiger partial charge in [0.05, 0.1) is 27.5 Å². The number of fused-ring (bicyclic) bond motifs is 1. The average Bonchev–Trinajstić information content (AvgIpc) is 2.82. The second-order valence-electron chi connectivity index (χ2n) is 8.27. The van der Waals surface area contributed by atoms with Gasteiger partial charge in [0.15, 0.2) is 11.5 Å². The first-order chi connectivity index (χ1) is 15.2. The van der Waals surface area contributed by atoms with Crippen LogP contribution in [0.2, 0.25) is 0 Å². The molecule has 2 aliphatic heterocycles. The molecule has 0 unspecified atom stereocenters. The summed E-state index contributed by atoms with van der Waals surface area (Å²) in [6.07, 6.45) is 3.15. The lowest BCUT2D eigenvalue weighted by Gasteiger charge is -2.44. The summed E-state index contributed by atoms with van der Waals surface area (Å²) in [6, 6.07) is 13.3. The molecule has 0 atom stereocenters. The highest BCUT2D eigenvalue weighted by Crippen LogP contribution is 2.35. The molecule has 1 saturated heterocycles. The maximum atomic E-state index is 5.92. The molecule has 2 aromatic rings. The Bertz CT molecular complexity index is 867. The lowest BCUT2D eigenvalue weighted by atomic mass is 10.0. The molecule has 0 amide bonds. The lowest BCUT2D eigenvalue weighted by Crippen LogP contribution is -2.49. The molecule has 4 rings (SSSR count). The van der Waals surface area contributed by atoms with Gasteiger partial charge >= 0.3 is 0 Å². The summed E-state index contributed by atoms with van der Waals surface area (Å²) in [5.41, 5.74) is 3.87. The van der Waals surface area contributed by atoms with Crippen molar-refractivity contribution in [3.63, 3.8) is 0 Å². The standard InChI is InChI=1S/C25H34N2O4/c1-4-11-31-22-6-7-23-20(15-22)17-26(18-27(23)21-9-12-30-13-10-21)16-19-5-8-24(28-2)25(14-19)29-3/h5-8,14-15,21H,4,9-13,16-18H2,1-3H3. The summed E-state index contributed by atoms with van der Waals surface area (Å²) in [4.78, 5) is 5.05. The zero-order valence-corrected chi connectivity index (χ0v) is 18.9. The van der Waals surface area contributed by atoms with Gasteiger partial charge in [-0.15, -0.1) is 0 Å². The Labute approximate surface area is 185 Å². The topological polar surface area (TPSA) is 43.4 Å². The summed E-state index contributed by atoms with van der Waals surface area (Å²) in [6.45, 7) is 7.20. The molecule has 0 radical (unpaired) electrons. The molecule has 2 aliphatic rings. The minimum absolute atomic E-state index is 0.503. The van der Waals surface area contributed by atoms with Gasteiger partial charge in [-0.25, -0.2) is 0 Å². The van der Waals surface area contributed by atoms with Crippen molar-refractivity contribution in [1.82, 2.24) is 4.90 Å². The first-order valence-corrected chi connectivity index (χ1v) is 11.2. The van der Waals surface area contributed by atoms with E-state index in [1.54, 1.807) is 14.2 Å². The largest absolute Gasteiger partial charge is 0.494 e.